The average Bonchev–Trinajstić information content (AvgIpc) is 2.55. The maximum absolute atomic E-state index is 4.83. The maximum Gasteiger partial charge on any atom is 0.111 e. The first-order valence-corrected chi connectivity index (χ1v) is 10.0. The van der Waals surface area contributed by atoms with E-state index in [1.54, 1.807) is 0 Å². The van der Waals surface area contributed by atoms with E-state index in [4.69, 9.17) is 4.99 Å². The molecule has 0 aromatic rings. The number of amidine groups is 1. The van der Waals surface area contributed by atoms with E-state index < -0.39 is 0 Å². The topological polar surface area (TPSA) is 27.6 Å². The van der Waals surface area contributed by atoms with Crippen molar-refractivity contribution in [3.05, 3.63) is 24.0 Å². The second kappa shape index (κ2) is 12.3. The summed E-state index contributed by atoms with van der Waals surface area (Å²) in [5.41, 5.74) is 2.08. The van der Waals surface area contributed by atoms with Gasteiger partial charge in [0.25, 0.3) is 0 Å². The van der Waals surface area contributed by atoms with Crippen molar-refractivity contribution in [2.75, 3.05) is 13.6 Å². The van der Waals surface area contributed by atoms with Crippen molar-refractivity contribution < 1.29 is 0 Å². The minimum absolute atomic E-state index is 0.372. The standard InChI is InChI=1S/C22H43N3/c1-11-13-18(7)20(9)21(12-2)23-15-14-19(8)24-22(16(3)4)25(10)17(5)6/h14,16,18,20-21,23H,5,11-13,15H2,1-4,6-10H3/b19-14+,24-22?. The molecule has 0 aromatic carbocycles. The van der Waals surface area contributed by atoms with Gasteiger partial charge in [0.1, 0.15) is 5.84 Å². The highest BCUT2D eigenvalue weighted by Gasteiger charge is 2.20. The molecule has 0 fully saturated rings. The van der Waals surface area contributed by atoms with Crippen LogP contribution in [-0.2, 0) is 0 Å². The number of hydrogen-bond donors (Lipinski definition) is 1. The molecule has 0 amide bonds. The van der Waals surface area contributed by atoms with Crippen molar-refractivity contribution >= 4 is 5.84 Å². The van der Waals surface area contributed by atoms with Crippen LogP contribution in [0.25, 0.3) is 0 Å². The third-order valence-electron chi connectivity index (χ3n) is 5.22. The van der Waals surface area contributed by atoms with Gasteiger partial charge in [0.2, 0.25) is 0 Å². The molecule has 0 rings (SSSR count). The maximum atomic E-state index is 4.83. The zero-order chi connectivity index (χ0) is 19.6. The minimum atomic E-state index is 0.372. The number of hydrogen-bond acceptors (Lipinski definition) is 2. The number of allylic oxidation sites excluding steroid dienone is 2. The van der Waals surface area contributed by atoms with Crippen molar-refractivity contribution in [3.8, 4) is 0 Å². The fraction of sp³-hybridized carbons (Fsp3) is 0.773. The Kier molecular flexibility index (Phi) is 11.8. The lowest BCUT2D eigenvalue weighted by Gasteiger charge is -2.29. The van der Waals surface area contributed by atoms with Gasteiger partial charge in [-0.15, -0.1) is 0 Å². The van der Waals surface area contributed by atoms with E-state index in [1.165, 1.54) is 19.3 Å². The second-order valence-electron chi connectivity index (χ2n) is 7.81. The Balaban J connectivity index is 4.88. The Morgan fingerprint density at radius 1 is 1.16 bits per heavy atom. The first kappa shape index (κ1) is 23.9. The number of nitrogens with zero attached hydrogens (tertiary/aromatic N) is 2. The van der Waals surface area contributed by atoms with Gasteiger partial charge in [0.15, 0.2) is 0 Å². The van der Waals surface area contributed by atoms with Crippen molar-refractivity contribution in [2.24, 2.45) is 22.7 Å². The first-order valence-electron chi connectivity index (χ1n) is 10.0. The zero-order valence-corrected chi connectivity index (χ0v) is 18.3. The molecule has 0 spiro atoms. The fourth-order valence-corrected chi connectivity index (χ4v) is 3.19. The number of nitrogens with one attached hydrogen (secondary N) is 1. The molecule has 25 heavy (non-hydrogen) atoms. The second-order valence-corrected chi connectivity index (χ2v) is 7.81. The van der Waals surface area contributed by atoms with Crippen LogP contribution < -0.4 is 5.32 Å². The molecule has 0 saturated carbocycles. The summed E-state index contributed by atoms with van der Waals surface area (Å²) >= 11 is 0. The predicted octanol–water partition coefficient (Wildman–Crippen LogP) is 5.85. The van der Waals surface area contributed by atoms with Gasteiger partial charge in [-0.25, -0.2) is 4.99 Å². The highest BCUT2D eigenvalue weighted by Crippen LogP contribution is 2.21. The molecule has 0 aromatic heterocycles. The van der Waals surface area contributed by atoms with Crippen LogP contribution in [0, 0.1) is 17.8 Å². The molecule has 0 aliphatic carbocycles. The van der Waals surface area contributed by atoms with Crippen molar-refractivity contribution in [1.82, 2.24) is 10.2 Å². The van der Waals surface area contributed by atoms with Crippen molar-refractivity contribution in [3.63, 3.8) is 0 Å². The summed E-state index contributed by atoms with van der Waals surface area (Å²) in [7, 11) is 2.04. The van der Waals surface area contributed by atoms with Crippen LogP contribution in [-0.4, -0.2) is 30.4 Å². The molecule has 146 valence electrons. The van der Waals surface area contributed by atoms with Crippen LogP contribution in [0.4, 0.5) is 0 Å². The smallest absolute Gasteiger partial charge is 0.111 e. The molecule has 0 aliphatic rings. The summed E-state index contributed by atoms with van der Waals surface area (Å²) in [6.07, 6.45) is 5.95. The predicted molar refractivity (Wildman–Crippen MR) is 114 cm³/mol. The van der Waals surface area contributed by atoms with Gasteiger partial charge < -0.3 is 10.2 Å². The molecular weight excluding hydrogens is 306 g/mol. The van der Waals surface area contributed by atoms with Gasteiger partial charge in [-0.2, -0.15) is 0 Å². The molecule has 0 saturated heterocycles. The molecule has 0 bridgehead atoms. The number of aliphatic imine (C=N–C) groups is 1. The normalized spacial score (nSPS) is 16.7. The van der Waals surface area contributed by atoms with E-state index in [2.05, 4.69) is 71.3 Å². The highest BCUT2D eigenvalue weighted by molar-refractivity contribution is 5.86. The van der Waals surface area contributed by atoms with Crippen LogP contribution >= 0.6 is 0 Å². The summed E-state index contributed by atoms with van der Waals surface area (Å²) in [4.78, 5) is 6.91. The van der Waals surface area contributed by atoms with E-state index in [0.29, 0.717) is 17.9 Å². The van der Waals surface area contributed by atoms with E-state index in [9.17, 15) is 0 Å². The summed E-state index contributed by atoms with van der Waals surface area (Å²) in [6.45, 7) is 22.7. The first-order chi connectivity index (χ1) is 11.6. The summed E-state index contributed by atoms with van der Waals surface area (Å²) in [5.74, 6) is 2.90. The van der Waals surface area contributed by atoms with E-state index in [0.717, 1.165) is 29.7 Å². The van der Waals surface area contributed by atoms with Gasteiger partial charge >= 0.3 is 0 Å². The van der Waals surface area contributed by atoms with E-state index >= 15 is 0 Å². The molecule has 1 N–H and O–H groups in total. The van der Waals surface area contributed by atoms with Gasteiger partial charge in [-0.05, 0) is 38.2 Å². The SMILES string of the molecule is C=C(C)N(C)C(=N/C(C)=C/CNC(CC)C(C)C(C)CCC)C(C)C. The quantitative estimate of drug-likeness (QED) is 0.374. The lowest BCUT2D eigenvalue weighted by atomic mass is 9.85. The van der Waals surface area contributed by atoms with Crippen LogP contribution in [0.15, 0.2) is 29.0 Å². The monoisotopic (exact) mass is 349 g/mol. The van der Waals surface area contributed by atoms with Crippen molar-refractivity contribution in [1.29, 1.82) is 0 Å². The Hall–Kier alpha value is -1.09. The summed E-state index contributed by atoms with van der Waals surface area (Å²) in [5, 5.41) is 3.72. The van der Waals surface area contributed by atoms with Crippen LogP contribution in [0.5, 0.6) is 0 Å². The van der Waals surface area contributed by atoms with Gasteiger partial charge in [0, 0.05) is 36.9 Å². The Morgan fingerprint density at radius 2 is 1.76 bits per heavy atom. The van der Waals surface area contributed by atoms with E-state index in [-0.39, 0.29) is 0 Å². The lowest BCUT2D eigenvalue weighted by Crippen LogP contribution is -2.37. The minimum Gasteiger partial charge on any atom is -0.337 e. The average molecular weight is 350 g/mol. The Labute approximate surface area is 157 Å². The zero-order valence-electron chi connectivity index (χ0n) is 18.3. The summed E-state index contributed by atoms with van der Waals surface area (Å²) in [6, 6.07) is 0.567. The highest BCUT2D eigenvalue weighted by atomic mass is 15.2. The van der Waals surface area contributed by atoms with Crippen LogP contribution in [0.1, 0.15) is 74.7 Å². The van der Waals surface area contributed by atoms with Crippen LogP contribution in [0.3, 0.4) is 0 Å². The van der Waals surface area contributed by atoms with Crippen molar-refractivity contribution in [2.45, 2.75) is 80.7 Å². The largest absolute Gasteiger partial charge is 0.337 e. The van der Waals surface area contributed by atoms with Gasteiger partial charge in [-0.1, -0.05) is 61.0 Å². The van der Waals surface area contributed by atoms with E-state index in [1.807, 2.05) is 14.0 Å². The van der Waals surface area contributed by atoms with Crippen LogP contribution in [0.2, 0.25) is 0 Å². The Bertz CT molecular complexity index is 448. The lowest BCUT2D eigenvalue weighted by molar-refractivity contribution is 0.269. The molecule has 3 nitrogen and oxygen atoms in total. The van der Waals surface area contributed by atoms with Gasteiger partial charge in [-0.3, -0.25) is 0 Å². The molecule has 3 unspecified atom stereocenters. The Morgan fingerprint density at radius 3 is 2.20 bits per heavy atom. The molecule has 0 heterocycles. The summed E-state index contributed by atoms with van der Waals surface area (Å²) < 4.78 is 0. The molecule has 3 heteroatoms. The number of rotatable bonds is 11. The van der Waals surface area contributed by atoms with Gasteiger partial charge in [0.05, 0.1) is 0 Å². The molecule has 3 atom stereocenters. The third kappa shape index (κ3) is 8.71. The third-order valence-corrected chi connectivity index (χ3v) is 5.22. The molecular formula is C22H43N3. The molecule has 0 aliphatic heterocycles. The fourth-order valence-electron chi connectivity index (χ4n) is 3.19. The molecule has 0 radical (unpaired) electrons.